The molecule has 0 saturated carbocycles. The van der Waals surface area contributed by atoms with Crippen LogP contribution in [0.3, 0.4) is 0 Å². The van der Waals surface area contributed by atoms with Crippen LogP contribution in [0.4, 0.5) is 22.0 Å². The third kappa shape index (κ3) is 20.6. The van der Waals surface area contributed by atoms with Gasteiger partial charge in [0.2, 0.25) is 17.2 Å². The molecule has 0 radical (unpaired) electrons. The normalized spacial score (nSPS) is 14.3. The highest BCUT2D eigenvalue weighted by Crippen LogP contribution is 2.39. The molecule has 1 aliphatic heterocycles. The van der Waals surface area contributed by atoms with Gasteiger partial charge in [0, 0.05) is 29.8 Å². The van der Waals surface area contributed by atoms with Crippen LogP contribution in [0.5, 0.6) is 5.75 Å². The largest absolute Gasteiger partial charge is 0.778 e. The summed E-state index contributed by atoms with van der Waals surface area (Å²) in [5.41, 5.74) is 0.674. The molecule has 1 aliphatic carbocycles. The molecule has 0 fully saturated rings. The highest BCUT2D eigenvalue weighted by atomic mass is 35.5. The van der Waals surface area contributed by atoms with Crippen LogP contribution in [-0.4, -0.2) is 106 Å². The molecule has 0 saturated heterocycles. The van der Waals surface area contributed by atoms with Crippen molar-refractivity contribution >= 4 is 83.0 Å². The van der Waals surface area contributed by atoms with Crippen LogP contribution < -0.4 is 30.5 Å². The Morgan fingerprint density at radius 3 is 2.12 bits per heavy atom. The zero-order chi connectivity index (χ0) is 43.3. The Kier molecular flexibility index (Phi) is 23.8. The van der Waals surface area contributed by atoms with Crippen LogP contribution in [0.2, 0.25) is 10.3 Å². The number of hydrogen-bond acceptors (Lipinski definition) is 14. The summed E-state index contributed by atoms with van der Waals surface area (Å²) < 4.78 is 34.9. The van der Waals surface area contributed by atoms with Crippen molar-refractivity contribution in [1.82, 2.24) is 20.3 Å². The minimum Gasteiger partial charge on any atom is -0.778 e. The number of nitrogens with one attached hydrogen (secondary N) is 3. The standard InChI is InChI=1S/C21H23ClFNO5.C8H14ClN5.C3H8NO5P.C3H9S/c1-2-3-6-9-28-19(25)12-29-18-11-17(16(23)10-15(18)22)24-20(26)13-7-4-5-8-14(13)21(24)27;1-4-10-7-12-6(9)13-8(14-7)11-5(2)3;5-3(6)1-4-2-10(7,8)9;1-4(2)3/h10-11H,2-9,12H2,1H3;5H,4H2,1-3H3,(H2,10,11,12,13,14);4H,1-2H2,(H,5,6)(H2,7,8,9);1-3H3/q;;;+1/p-1. The van der Waals surface area contributed by atoms with Gasteiger partial charge in [0.1, 0.15) is 19.2 Å². The first-order valence-electron chi connectivity index (χ1n) is 17.9. The molecule has 17 nitrogen and oxygen atoms in total. The van der Waals surface area contributed by atoms with Gasteiger partial charge in [-0.2, -0.15) is 15.0 Å². The lowest BCUT2D eigenvalue weighted by Crippen LogP contribution is -2.32. The predicted molar refractivity (Wildman–Crippen MR) is 219 cm³/mol. The van der Waals surface area contributed by atoms with E-state index in [4.69, 9.17) is 42.7 Å². The van der Waals surface area contributed by atoms with Crippen LogP contribution in [0.25, 0.3) is 0 Å². The second-order valence-electron chi connectivity index (χ2n) is 13.0. The van der Waals surface area contributed by atoms with E-state index in [1.807, 2.05) is 33.0 Å². The third-order valence-corrected chi connectivity index (χ3v) is 8.03. The molecular weight excluding hydrogens is 831 g/mol. The Morgan fingerprint density at radius 1 is 1.04 bits per heavy atom. The van der Waals surface area contributed by atoms with Crippen molar-refractivity contribution in [1.29, 1.82) is 0 Å². The molecule has 2 aromatic rings. The van der Waals surface area contributed by atoms with Crippen LogP contribution in [-0.2, 0) is 39.4 Å². The quantitative estimate of drug-likeness (QED) is 0.0501. The average Bonchev–Trinajstić information content (AvgIpc) is 3.34. The van der Waals surface area contributed by atoms with Gasteiger partial charge in [-0.1, -0.05) is 31.4 Å². The summed E-state index contributed by atoms with van der Waals surface area (Å²) in [5, 5.41) is 16.1. The first-order valence-corrected chi connectivity index (χ1v) is 22.9. The predicted octanol–water partition coefficient (Wildman–Crippen LogP) is 4.77. The first kappa shape index (κ1) is 51.4. The fraction of sp³-hybridized carbons (Fsp3) is 0.571. The van der Waals surface area contributed by atoms with E-state index in [1.54, 1.807) is 0 Å². The monoisotopic (exact) mass is 883 g/mol. The number of carbonyl (C=O) groups excluding carboxylic acids is 3. The van der Waals surface area contributed by atoms with Gasteiger partial charge in [0.15, 0.2) is 6.61 Å². The molecule has 1 aromatic heterocycles. The maximum Gasteiger partial charge on any atom is 0.344 e. The van der Waals surface area contributed by atoms with Crippen molar-refractivity contribution in [2.75, 3.05) is 66.9 Å². The van der Waals surface area contributed by atoms with Crippen LogP contribution in [0.1, 0.15) is 72.6 Å². The fourth-order valence-corrected chi connectivity index (χ4v) is 5.45. The van der Waals surface area contributed by atoms with Gasteiger partial charge < -0.3 is 39.6 Å². The molecule has 0 spiro atoms. The molecule has 4 rings (SSSR count). The van der Waals surface area contributed by atoms with E-state index in [0.717, 1.165) is 49.6 Å². The molecular formula is C35H53Cl2FN7O10PS. The smallest absolute Gasteiger partial charge is 0.344 e. The summed E-state index contributed by atoms with van der Waals surface area (Å²) in [6.45, 7) is 8.18. The zero-order valence-electron chi connectivity index (χ0n) is 33.2. The number of hydrogen-bond donors (Lipinski definition) is 5. The number of nitrogens with zero attached hydrogens (tertiary/aromatic N) is 4. The number of rotatable bonds is 16. The van der Waals surface area contributed by atoms with Gasteiger partial charge in [-0.3, -0.25) is 19.7 Å². The van der Waals surface area contributed by atoms with Crippen molar-refractivity contribution in [3.8, 4) is 5.75 Å². The van der Waals surface area contributed by atoms with Crippen molar-refractivity contribution in [2.45, 2.75) is 78.7 Å². The molecule has 57 heavy (non-hydrogen) atoms. The number of anilines is 3. The van der Waals surface area contributed by atoms with Crippen molar-refractivity contribution in [2.24, 2.45) is 0 Å². The number of halogens is 3. The molecule has 320 valence electrons. The van der Waals surface area contributed by atoms with Crippen LogP contribution >= 0.6 is 30.8 Å². The molecule has 1 aromatic carbocycles. The van der Waals surface area contributed by atoms with E-state index in [9.17, 15) is 33.0 Å². The minimum absolute atomic E-state index is 0.000883. The zero-order valence-corrected chi connectivity index (χ0v) is 36.4. The number of aromatic nitrogens is 3. The topological polar surface area (TPSA) is 245 Å². The molecule has 2 heterocycles. The van der Waals surface area contributed by atoms with E-state index >= 15 is 0 Å². The van der Waals surface area contributed by atoms with E-state index < -0.39 is 56.6 Å². The number of amides is 2. The van der Waals surface area contributed by atoms with Crippen molar-refractivity contribution in [3.63, 3.8) is 0 Å². The van der Waals surface area contributed by atoms with E-state index in [-0.39, 0.29) is 27.8 Å². The molecule has 1 unspecified atom stereocenters. The first-order chi connectivity index (χ1) is 26.7. The Morgan fingerprint density at radius 2 is 1.61 bits per heavy atom. The highest BCUT2D eigenvalue weighted by molar-refractivity contribution is 7.94. The third-order valence-electron chi connectivity index (χ3n) is 6.94. The summed E-state index contributed by atoms with van der Waals surface area (Å²) in [7, 11) is -3.71. The van der Waals surface area contributed by atoms with Gasteiger partial charge in [-0.25, -0.2) is 14.1 Å². The van der Waals surface area contributed by atoms with Gasteiger partial charge >= 0.3 is 11.9 Å². The second kappa shape index (κ2) is 26.4. The lowest BCUT2D eigenvalue weighted by atomic mass is 9.93. The Hall–Kier alpha value is -3.58. The Labute approximate surface area is 345 Å². The van der Waals surface area contributed by atoms with Gasteiger partial charge in [-0.15, -0.1) is 0 Å². The number of aliphatic carboxylic acids is 1. The number of ether oxygens (including phenoxy) is 2. The van der Waals surface area contributed by atoms with E-state index in [1.165, 1.54) is 6.07 Å². The summed E-state index contributed by atoms with van der Waals surface area (Å²) >= 11 is 11.7. The molecule has 1 atom stereocenters. The van der Waals surface area contributed by atoms with Crippen molar-refractivity contribution < 1.29 is 52.5 Å². The Balaban J connectivity index is 0.000000479. The SMILES string of the molecule is CCCCCOC(=O)COc1cc(N2C(=O)C3=C(CCCC3)C2=O)c(F)cc1Cl.CCNc1nc(Cl)nc(NC(C)C)n1.C[S+](C)C.O=C(O)CNCP(=O)([O-])O. The fourth-order valence-electron chi connectivity index (χ4n) is 4.69. The summed E-state index contributed by atoms with van der Waals surface area (Å²) in [6.07, 6.45) is 11.3. The second-order valence-corrected chi connectivity index (χ2v) is 17.8. The van der Waals surface area contributed by atoms with E-state index in [2.05, 4.69) is 44.4 Å². The van der Waals surface area contributed by atoms with Crippen LogP contribution in [0, 0.1) is 5.82 Å². The number of unbranched alkanes of at least 4 members (excludes halogenated alkanes) is 2. The van der Waals surface area contributed by atoms with E-state index in [0.29, 0.717) is 53.4 Å². The number of benzene rings is 1. The molecule has 2 amide bonds. The van der Waals surface area contributed by atoms with Crippen molar-refractivity contribution in [3.05, 3.63) is 39.4 Å². The molecule has 5 N–H and O–H groups in total. The lowest BCUT2D eigenvalue weighted by molar-refractivity contribution is -0.193. The maximum atomic E-state index is 14.5. The molecule has 0 bridgehead atoms. The van der Waals surface area contributed by atoms with Crippen LogP contribution in [0.15, 0.2) is 23.3 Å². The molecule has 22 heteroatoms. The van der Waals surface area contributed by atoms with Gasteiger partial charge in [0.25, 0.3) is 11.8 Å². The Bertz CT molecular complexity index is 1710. The number of imide groups is 1. The summed E-state index contributed by atoms with van der Waals surface area (Å²) in [5.74, 6) is -2.59. The minimum atomic E-state index is -4.35. The summed E-state index contributed by atoms with van der Waals surface area (Å²) in [6, 6.07) is 2.41. The average molecular weight is 885 g/mol. The van der Waals surface area contributed by atoms with Gasteiger partial charge in [0.05, 0.1) is 48.9 Å². The number of carboxylic acids is 1. The summed E-state index contributed by atoms with van der Waals surface area (Å²) in [4.78, 5) is 77.7. The maximum absolute atomic E-state index is 14.5. The lowest BCUT2D eigenvalue weighted by Gasteiger charge is -2.18. The number of carboxylic acid groups (broad SMARTS) is 1. The number of esters is 1. The highest BCUT2D eigenvalue weighted by Gasteiger charge is 2.41. The van der Waals surface area contributed by atoms with Gasteiger partial charge in [-0.05, 0) is 81.4 Å². The number of carbonyl (C=O) groups is 4. The molecule has 2 aliphatic rings.